The number of hydrogen-bond acceptors (Lipinski definition) is 1. The second kappa shape index (κ2) is 6.44. The van der Waals surface area contributed by atoms with E-state index in [1.165, 1.54) is 5.56 Å². The van der Waals surface area contributed by atoms with Crippen LogP contribution in [0.2, 0.25) is 0 Å². The average Bonchev–Trinajstić information content (AvgIpc) is 2.17. The summed E-state index contributed by atoms with van der Waals surface area (Å²) in [5, 5.41) is 0. The summed E-state index contributed by atoms with van der Waals surface area (Å²) < 4.78 is 1.10. The molecule has 0 radical (unpaired) electrons. The molecule has 0 aliphatic carbocycles. The highest BCUT2D eigenvalue weighted by molar-refractivity contribution is 9.10. The smallest absolute Gasteiger partial charge is 0.0320 e. The molecule has 0 aliphatic heterocycles. The Morgan fingerprint density at radius 2 is 1.79 bits per heavy atom. The summed E-state index contributed by atoms with van der Waals surface area (Å²) in [6.07, 6.45) is 1.12. The lowest BCUT2D eigenvalue weighted by atomic mass is 9.93. The molecule has 0 aromatic heterocycles. The fraction of sp³-hybridized carbons (Fsp3) is 0.455. The molecule has 1 aromatic carbocycles. The maximum Gasteiger partial charge on any atom is 0.0320 e. The topological polar surface area (TPSA) is 26.0 Å². The first kappa shape index (κ1) is 13.9. The van der Waals surface area contributed by atoms with Crippen molar-refractivity contribution in [2.45, 2.75) is 26.3 Å². The largest absolute Gasteiger partial charge is 0.324 e. The summed E-state index contributed by atoms with van der Waals surface area (Å²) in [7, 11) is 0. The van der Waals surface area contributed by atoms with Gasteiger partial charge in [0.15, 0.2) is 0 Å². The van der Waals surface area contributed by atoms with E-state index >= 15 is 0 Å². The molecule has 0 amide bonds. The van der Waals surface area contributed by atoms with E-state index in [1.807, 2.05) is 12.1 Å². The van der Waals surface area contributed by atoms with E-state index < -0.39 is 0 Å². The van der Waals surface area contributed by atoms with Gasteiger partial charge in [-0.25, -0.2) is 0 Å². The van der Waals surface area contributed by atoms with Gasteiger partial charge in [-0.3, -0.25) is 0 Å². The Morgan fingerprint density at radius 3 is 2.21 bits per heavy atom. The summed E-state index contributed by atoms with van der Waals surface area (Å²) in [6, 6.07) is 8.41. The first-order valence-electron chi connectivity index (χ1n) is 4.66. The van der Waals surface area contributed by atoms with E-state index in [4.69, 9.17) is 5.73 Å². The van der Waals surface area contributed by atoms with Crippen LogP contribution in [0.5, 0.6) is 0 Å². The molecule has 0 heterocycles. The molecule has 0 spiro atoms. The van der Waals surface area contributed by atoms with Crippen LogP contribution in [0.1, 0.15) is 31.9 Å². The van der Waals surface area contributed by atoms with Crippen molar-refractivity contribution in [1.82, 2.24) is 0 Å². The SMILES string of the molecule is CCC(C)[C@@H](N)c1ccc(Br)cc1.Cl. The molecule has 1 unspecified atom stereocenters. The Morgan fingerprint density at radius 1 is 1.29 bits per heavy atom. The molecule has 80 valence electrons. The van der Waals surface area contributed by atoms with E-state index in [0.717, 1.165) is 10.9 Å². The van der Waals surface area contributed by atoms with E-state index in [1.54, 1.807) is 0 Å². The molecular weight excluding hydrogens is 261 g/mol. The van der Waals surface area contributed by atoms with Crippen molar-refractivity contribution >= 4 is 28.3 Å². The monoisotopic (exact) mass is 277 g/mol. The quantitative estimate of drug-likeness (QED) is 0.891. The van der Waals surface area contributed by atoms with Crippen molar-refractivity contribution in [2.75, 3.05) is 0 Å². The highest BCUT2D eigenvalue weighted by Crippen LogP contribution is 2.22. The minimum Gasteiger partial charge on any atom is -0.324 e. The van der Waals surface area contributed by atoms with Crippen LogP contribution in [0, 0.1) is 5.92 Å². The van der Waals surface area contributed by atoms with Crippen molar-refractivity contribution in [1.29, 1.82) is 0 Å². The van der Waals surface area contributed by atoms with Crippen LogP contribution in [0.4, 0.5) is 0 Å². The predicted molar refractivity (Wildman–Crippen MR) is 67.8 cm³/mol. The molecule has 2 atom stereocenters. The van der Waals surface area contributed by atoms with E-state index in [9.17, 15) is 0 Å². The van der Waals surface area contributed by atoms with Crippen LogP contribution in [0.25, 0.3) is 0 Å². The third-order valence-electron chi connectivity index (χ3n) is 2.51. The minimum absolute atomic E-state index is 0. The lowest BCUT2D eigenvalue weighted by Gasteiger charge is -2.18. The third kappa shape index (κ3) is 3.60. The van der Waals surface area contributed by atoms with Gasteiger partial charge in [0.25, 0.3) is 0 Å². The molecule has 1 aromatic rings. The lowest BCUT2D eigenvalue weighted by Crippen LogP contribution is -2.18. The molecule has 3 heteroatoms. The van der Waals surface area contributed by atoms with Gasteiger partial charge >= 0.3 is 0 Å². The van der Waals surface area contributed by atoms with E-state index in [2.05, 4.69) is 41.9 Å². The van der Waals surface area contributed by atoms with Gasteiger partial charge < -0.3 is 5.73 Å². The normalized spacial score (nSPS) is 14.3. The van der Waals surface area contributed by atoms with Crippen molar-refractivity contribution < 1.29 is 0 Å². The van der Waals surface area contributed by atoms with Crippen molar-refractivity contribution in [3.63, 3.8) is 0 Å². The van der Waals surface area contributed by atoms with Gasteiger partial charge in [-0.2, -0.15) is 0 Å². The summed E-state index contributed by atoms with van der Waals surface area (Å²) >= 11 is 3.41. The Kier molecular flexibility index (Phi) is 6.41. The van der Waals surface area contributed by atoms with Gasteiger partial charge in [-0.05, 0) is 23.6 Å². The summed E-state index contributed by atoms with van der Waals surface area (Å²) in [5.41, 5.74) is 7.30. The second-order valence-electron chi connectivity index (χ2n) is 3.46. The molecule has 14 heavy (non-hydrogen) atoms. The number of halogens is 2. The summed E-state index contributed by atoms with van der Waals surface area (Å²) in [6.45, 7) is 4.36. The second-order valence-corrected chi connectivity index (χ2v) is 4.38. The zero-order valence-electron chi connectivity index (χ0n) is 8.53. The molecule has 0 saturated carbocycles. The van der Waals surface area contributed by atoms with Crippen molar-refractivity contribution in [2.24, 2.45) is 11.7 Å². The fourth-order valence-electron chi connectivity index (χ4n) is 1.27. The maximum atomic E-state index is 6.08. The Bertz CT molecular complexity index is 260. The minimum atomic E-state index is 0. The molecule has 2 N–H and O–H groups in total. The number of benzene rings is 1. The zero-order valence-corrected chi connectivity index (χ0v) is 10.9. The molecule has 1 rings (SSSR count). The number of hydrogen-bond donors (Lipinski definition) is 1. The van der Waals surface area contributed by atoms with Crippen molar-refractivity contribution in [3.8, 4) is 0 Å². The molecular formula is C11H17BrClN. The fourth-order valence-corrected chi connectivity index (χ4v) is 1.53. The van der Waals surface area contributed by atoms with Gasteiger partial charge in [0, 0.05) is 10.5 Å². The lowest BCUT2D eigenvalue weighted by molar-refractivity contribution is 0.457. The Labute approximate surface area is 101 Å². The maximum absolute atomic E-state index is 6.08. The van der Waals surface area contributed by atoms with Crippen LogP contribution in [-0.2, 0) is 0 Å². The van der Waals surface area contributed by atoms with Crippen LogP contribution >= 0.6 is 28.3 Å². The summed E-state index contributed by atoms with van der Waals surface area (Å²) in [5.74, 6) is 0.543. The Hall–Kier alpha value is -0.0500. The first-order chi connectivity index (χ1) is 6.15. The summed E-state index contributed by atoms with van der Waals surface area (Å²) in [4.78, 5) is 0. The van der Waals surface area contributed by atoms with E-state index in [0.29, 0.717) is 5.92 Å². The van der Waals surface area contributed by atoms with E-state index in [-0.39, 0.29) is 18.4 Å². The van der Waals surface area contributed by atoms with Crippen LogP contribution in [0.3, 0.4) is 0 Å². The van der Waals surface area contributed by atoms with Gasteiger partial charge in [0.1, 0.15) is 0 Å². The standard InChI is InChI=1S/C11H16BrN.ClH/c1-3-8(2)11(13)9-4-6-10(12)7-5-9;/h4-8,11H,3,13H2,1-2H3;1H/t8?,11-;/m1./s1. The molecule has 1 nitrogen and oxygen atoms in total. The molecule has 0 saturated heterocycles. The highest BCUT2D eigenvalue weighted by Gasteiger charge is 2.12. The predicted octanol–water partition coefficient (Wildman–Crippen LogP) is 3.92. The van der Waals surface area contributed by atoms with Crippen LogP contribution in [0.15, 0.2) is 28.7 Å². The average molecular weight is 279 g/mol. The molecule has 0 aliphatic rings. The highest BCUT2D eigenvalue weighted by atomic mass is 79.9. The van der Waals surface area contributed by atoms with Crippen LogP contribution < -0.4 is 5.73 Å². The van der Waals surface area contributed by atoms with Crippen LogP contribution in [-0.4, -0.2) is 0 Å². The third-order valence-corrected chi connectivity index (χ3v) is 3.04. The number of rotatable bonds is 3. The first-order valence-corrected chi connectivity index (χ1v) is 5.45. The number of nitrogens with two attached hydrogens (primary N) is 1. The zero-order chi connectivity index (χ0) is 9.84. The van der Waals surface area contributed by atoms with Gasteiger partial charge in [-0.1, -0.05) is 48.3 Å². The Balaban J connectivity index is 0.00000169. The molecule has 0 bridgehead atoms. The van der Waals surface area contributed by atoms with Gasteiger partial charge in [-0.15, -0.1) is 12.4 Å². The van der Waals surface area contributed by atoms with Gasteiger partial charge in [0.2, 0.25) is 0 Å². The van der Waals surface area contributed by atoms with Gasteiger partial charge in [0.05, 0.1) is 0 Å². The molecule has 0 fully saturated rings. The van der Waals surface area contributed by atoms with Crippen molar-refractivity contribution in [3.05, 3.63) is 34.3 Å².